The Morgan fingerprint density at radius 2 is 1.62 bits per heavy atom. The zero-order valence-corrected chi connectivity index (χ0v) is 14.4. The molecule has 0 amide bonds. The molecule has 0 spiro atoms. The smallest absolute Gasteiger partial charge is 0.147 e. The van der Waals surface area contributed by atoms with Crippen LogP contribution in [0.3, 0.4) is 0 Å². The lowest BCUT2D eigenvalue weighted by molar-refractivity contribution is -0.0521. The molecule has 0 aromatic carbocycles. The van der Waals surface area contributed by atoms with E-state index < -0.39 is 9.84 Å². The van der Waals surface area contributed by atoms with Gasteiger partial charge in [-0.2, -0.15) is 0 Å². The second kappa shape index (κ2) is 6.19. The first-order valence-electron chi connectivity index (χ1n) is 8.87. The minimum absolute atomic E-state index is 0.344. The third-order valence-electron chi connectivity index (χ3n) is 6.22. The Morgan fingerprint density at radius 1 is 1.05 bits per heavy atom. The van der Waals surface area contributed by atoms with Crippen LogP contribution in [-0.4, -0.2) is 33.0 Å². The zero-order valence-electron chi connectivity index (χ0n) is 13.6. The zero-order chi connectivity index (χ0) is 15.0. The van der Waals surface area contributed by atoms with E-state index in [1.54, 1.807) is 0 Å². The summed E-state index contributed by atoms with van der Waals surface area (Å²) in [4.78, 5) is 0. The minimum Gasteiger partial charge on any atom is -0.314 e. The highest BCUT2D eigenvalue weighted by Gasteiger charge is 2.50. The largest absolute Gasteiger partial charge is 0.314 e. The maximum absolute atomic E-state index is 11.6. The van der Waals surface area contributed by atoms with Crippen molar-refractivity contribution in [3.05, 3.63) is 0 Å². The number of sulfone groups is 1. The summed E-state index contributed by atoms with van der Waals surface area (Å²) < 4.78 is 23.1. The van der Waals surface area contributed by atoms with Gasteiger partial charge < -0.3 is 5.32 Å². The van der Waals surface area contributed by atoms with Gasteiger partial charge in [0.15, 0.2) is 0 Å². The standard InChI is InChI=1S/C17H31NO2S/c1-3-5-18-16(4-6-21(2,19)20)17-14-8-12-7-13(10-14)11-15(17)9-12/h12-18H,3-11H2,1-2H3. The van der Waals surface area contributed by atoms with E-state index in [0.29, 0.717) is 11.8 Å². The number of hydrogen-bond donors (Lipinski definition) is 1. The van der Waals surface area contributed by atoms with Crippen molar-refractivity contribution in [1.82, 2.24) is 5.32 Å². The van der Waals surface area contributed by atoms with Crippen molar-refractivity contribution in [2.75, 3.05) is 18.6 Å². The minimum atomic E-state index is -2.85. The van der Waals surface area contributed by atoms with Crippen molar-refractivity contribution in [2.24, 2.45) is 29.6 Å². The van der Waals surface area contributed by atoms with E-state index in [1.165, 1.54) is 38.4 Å². The number of rotatable bonds is 7. The molecule has 4 aliphatic carbocycles. The lowest BCUT2D eigenvalue weighted by Crippen LogP contribution is -2.53. The Hall–Kier alpha value is -0.0900. The molecule has 0 aromatic heterocycles. The molecule has 4 saturated carbocycles. The quantitative estimate of drug-likeness (QED) is 0.786. The lowest BCUT2D eigenvalue weighted by Gasteiger charge is -2.56. The third-order valence-corrected chi connectivity index (χ3v) is 7.20. The summed E-state index contributed by atoms with van der Waals surface area (Å²) in [6, 6.07) is 0.426. The van der Waals surface area contributed by atoms with Gasteiger partial charge in [-0.15, -0.1) is 0 Å². The summed E-state index contributed by atoms with van der Waals surface area (Å²) in [5.41, 5.74) is 0. The summed E-state index contributed by atoms with van der Waals surface area (Å²) in [5, 5.41) is 3.71. The Bertz CT molecular complexity index is 431. The molecule has 1 N–H and O–H groups in total. The summed E-state index contributed by atoms with van der Waals surface area (Å²) in [5.74, 6) is 4.81. The average molecular weight is 314 g/mol. The van der Waals surface area contributed by atoms with Gasteiger partial charge in [-0.05, 0) is 81.1 Å². The van der Waals surface area contributed by atoms with Gasteiger partial charge in [0.05, 0.1) is 5.75 Å². The van der Waals surface area contributed by atoms with Gasteiger partial charge in [0, 0.05) is 12.3 Å². The van der Waals surface area contributed by atoms with Crippen molar-refractivity contribution in [1.29, 1.82) is 0 Å². The van der Waals surface area contributed by atoms with Crippen LogP contribution in [0, 0.1) is 29.6 Å². The Balaban J connectivity index is 1.69. The Labute approximate surface area is 130 Å². The lowest BCUT2D eigenvalue weighted by atomic mass is 9.50. The van der Waals surface area contributed by atoms with Gasteiger partial charge >= 0.3 is 0 Å². The molecular formula is C17H31NO2S. The van der Waals surface area contributed by atoms with Crippen LogP contribution in [0.1, 0.15) is 51.9 Å². The van der Waals surface area contributed by atoms with Gasteiger partial charge in [-0.25, -0.2) is 8.42 Å². The molecule has 4 aliphatic rings. The van der Waals surface area contributed by atoms with Crippen LogP contribution in [0.4, 0.5) is 0 Å². The topological polar surface area (TPSA) is 46.2 Å². The van der Waals surface area contributed by atoms with Crippen LogP contribution >= 0.6 is 0 Å². The molecule has 0 aliphatic heterocycles. The third kappa shape index (κ3) is 3.64. The molecule has 4 heteroatoms. The number of hydrogen-bond acceptors (Lipinski definition) is 3. The van der Waals surface area contributed by atoms with E-state index in [2.05, 4.69) is 12.2 Å². The molecule has 4 bridgehead atoms. The molecule has 3 nitrogen and oxygen atoms in total. The fraction of sp³-hybridized carbons (Fsp3) is 1.00. The van der Waals surface area contributed by atoms with Gasteiger partial charge in [-0.3, -0.25) is 0 Å². The predicted octanol–water partition coefficient (Wildman–Crippen LogP) is 2.86. The molecular weight excluding hydrogens is 282 g/mol. The van der Waals surface area contributed by atoms with Gasteiger partial charge in [0.2, 0.25) is 0 Å². The van der Waals surface area contributed by atoms with Crippen LogP contribution in [-0.2, 0) is 9.84 Å². The molecule has 0 saturated heterocycles. The highest BCUT2D eigenvalue weighted by atomic mass is 32.2. The van der Waals surface area contributed by atoms with Gasteiger partial charge in [0.25, 0.3) is 0 Å². The van der Waals surface area contributed by atoms with E-state index >= 15 is 0 Å². The maximum atomic E-state index is 11.6. The highest BCUT2D eigenvalue weighted by molar-refractivity contribution is 7.90. The normalized spacial score (nSPS) is 39.6. The first kappa shape index (κ1) is 15.8. The molecule has 122 valence electrons. The monoisotopic (exact) mass is 313 g/mol. The Morgan fingerprint density at radius 3 is 2.10 bits per heavy atom. The van der Waals surface area contributed by atoms with Gasteiger partial charge in [-0.1, -0.05) is 6.92 Å². The second-order valence-corrected chi connectivity index (χ2v) is 10.2. The van der Waals surface area contributed by atoms with Crippen molar-refractivity contribution in [3.63, 3.8) is 0 Å². The van der Waals surface area contributed by atoms with Crippen molar-refractivity contribution >= 4 is 9.84 Å². The number of nitrogens with one attached hydrogen (secondary N) is 1. The molecule has 1 atom stereocenters. The van der Waals surface area contributed by atoms with E-state index in [4.69, 9.17) is 0 Å². The second-order valence-electron chi connectivity index (χ2n) is 7.99. The van der Waals surface area contributed by atoms with Crippen LogP contribution in [0.2, 0.25) is 0 Å². The summed E-state index contributed by atoms with van der Waals surface area (Å²) >= 11 is 0. The SMILES string of the molecule is CCCNC(CCS(C)(=O)=O)C1C2CC3CC(C2)CC1C3. The van der Waals surface area contributed by atoms with E-state index in [0.717, 1.165) is 49.0 Å². The van der Waals surface area contributed by atoms with Crippen LogP contribution < -0.4 is 5.32 Å². The maximum Gasteiger partial charge on any atom is 0.147 e. The molecule has 0 heterocycles. The van der Waals surface area contributed by atoms with Crippen LogP contribution in [0.25, 0.3) is 0 Å². The summed E-state index contributed by atoms with van der Waals surface area (Å²) in [7, 11) is -2.85. The van der Waals surface area contributed by atoms with Crippen LogP contribution in [0.15, 0.2) is 0 Å². The van der Waals surface area contributed by atoms with Gasteiger partial charge in [0.1, 0.15) is 9.84 Å². The first-order valence-corrected chi connectivity index (χ1v) is 10.9. The molecule has 4 rings (SSSR count). The van der Waals surface area contributed by atoms with E-state index in [1.807, 2.05) is 0 Å². The van der Waals surface area contributed by atoms with E-state index in [9.17, 15) is 8.42 Å². The first-order chi connectivity index (χ1) is 9.96. The predicted molar refractivity (Wildman–Crippen MR) is 86.9 cm³/mol. The molecule has 21 heavy (non-hydrogen) atoms. The van der Waals surface area contributed by atoms with Crippen molar-refractivity contribution < 1.29 is 8.42 Å². The summed E-state index contributed by atoms with van der Waals surface area (Å²) in [6.45, 7) is 3.22. The average Bonchev–Trinajstić information content (AvgIpc) is 2.38. The summed E-state index contributed by atoms with van der Waals surface area (Å²) in [6.07, 6.45) is 10.5. The fourth-order valence-corrected chi connectivity index (χ4v) is 6.41. The Kier molecular flexibility index (Phi) is 4.66. The molecule has 0 radical (unpaired) electrons. The highest BCUT2D eigenvalue weighted by Crippen LogP contribution is 2.57. The van der Waals surface area contributed by atoms with Crippen LogP contribution in [0.5, 0.6) is 0 Å². The fourth-order valence-electron chi connectivity index (χ4n) is 5.73. The molecule has 0 aromatic rings. The van der Waals surface area contributed by atoms with Crippen molar-refractivity contribution in [3.8, 4) is 0 Å². The molecule has 4 fully saturated rings. The molecule has 1 unspecified atom stereocenters. The van der Waals surface area contributed by atoms with E-state index in [-0.39, 0.29) is 0 Å². The van der Waals surface area contributed by atoms with Crippen molar-refractivity contribution in [2.45, 2.75) is 57.9 Å².